The van der Waals surface area contributed by atoms with E-state index in [0.29, 0.717) is 28.8 Å². The summed E-state index contributed by atoms with van der Waals surface area (Å²) >= 11 is 0. The van der Waals surface area contributed by atoms with Gasteiger partial charge in [0.2, 0.25) is 0 Å². The van der Waals surface area contributed by atoms with Gasteiger partial charge in [-0.3, -0.25) is 14.2 Å². The van der Waals surface area contributed by atoms with Gasteiger partial charge in [-0.05, 0) is 53.6 Å². The molecule has 8 nitrogen and oxygen atoms in total. The highest BCUT2D eigenvalue weighted by Gasteiger charge is 2.12. The lowest BCUT2D eigenvalue weighted by molar-refractivity contribution is 0.0951. The van der Waals surface area contributed by atoms with Gasteiger partial charge in [-0.15, -0.1) is 0 Å². The van der Waals surface area contributed by atoms with Crippen LogP contribution in [0.2, 0.25) is 0 Å². The maximum absolute atomic E-state index is 12.9. The molecule has 1 heterocycles. The lowest BCUT2D eigenvalue weighted by Gasteiger charge is -2.09. The number of amides is 1. The van der Waals surface area contributed by atoms with E-state index < -0.39 is 11.2 Å². The zero-order valence-corrected chi connectivity index (χ0v) is 18.3. The molecule has 0 saturated carbocycles. The molecule has 4 aromatic rings. The Morgan fingerprint density at radius 2 is 1.48 bits per heavy atom. The fourth-order valence-electron chi connectivity index (χ4n) is 3.48. The Morgan fingerprint density at radius 1 is 0.879 bits per heavy atom. The summed E-state index contributed by atoms with van der Waals surface area (Å²) in [6.45, 7) is 0.457. The fourth-order valence-corrected chi connectivity index (χ4v) is 3.48. The van der Waals surface area contributed by atoms with Gasteiger partial charge in [-0.25, -0.2) is 4.79 Å². The number of rotatable bonds is 7. The third-order valence-electron chi connectivity index (χ3n) is 5.36. The number of ether oxygens (including phenoxy) is 2. The second-order valence-electron chi connectivity index (χ2n) is 7.46. The molecule has 0 bridgehead atoms. The maximum Gasteiger partial charge on any atom is 0.329 e. The van der Waals surface area contributed by atoms with Crippen molar-refractivity contribution < 1.29 is 14.3 Å². The van der Waals surface area contributed by atoms with E-state index in [9.17, 15) is 14.4 Å². The molecule has 4 rings (SSSR count). The average molecular weight is 445 g/mol. The van der Waals surface area contributed by atoms with Crippen molar-refractivity contribution in [2.75, 3.05) is 14.2 Å². The predicted octanol–water partition coefficient (Wildman–Crippen LogP) is 2.69. The Morgan fingerprint density at radius 3 is 2.09 bits per heavy atom. The van der Waals surface area contributed by atoms with Crippen LogP contribution in [0, 0.1) is 0 Å². The number of fused-ring (bicyclic) bond motifs is 1. The van der Waals surface area contributed by atoms with Crippen molar-refractivity contribution in [2.24, 2.45) is 0 Å². The second kappa shape index (κ2) is 9.44. The molecule has 0 atom stereocenters. The van der Waals surface area contributed by atoms with Crippen LogP contribution >= 0.6 is 0 Å². The van der Waals surface area contributed by atoms with Crippen molar-refractivity contribution in [3.63, 3.8) is 0 Å². The number of H-pyrrole nitrogens is 1. The predicted molar refractivity (Wildman–Crippen MR) is 125 cm³/mol. The Hall–Kier alpha value is -4.33. The highest BCUT2D eigenvalue weighted by molar-refractivity contribution is 5.97. The first-order valence-electron chi connectivity index (χ1n) is 10.3. The number of hydrogen-bond acceptors (Lipinski definition) is 5. The van der Waals surface area contributed by atoms with E-state index in [-0.39, 0.29) is 12.5 Å². The van der Waals surface area contributed by atoms with Crippen LogP contribution in [-0.4, -0.2) is 29.7 Å². The monoisotopic (exact) mass is 445 g/mol. The van der Waals surface area contributed by atoms with Gasteiger partial charge in [0, 0.05) is 12.1 Å². The summed E-state index contributed by atoms with van der Waals surface area (Å²) in [5, 5.41) is 3.16. The summed E-state index contributed by atoms with van der Waals surface area (Å²) in [7, 11) is 3.16. The molecule has 0 aliphatic carbocycles. The molecule has 0 saturated heterocycles. The van der Waals surface area contributed by atoms with E-state index in [2.05, 4.69) is 10.3 Å². The molecule has 0 spiro atoms. The molecule has 168 valence electrons. The largest absolute Gasteiger partial charge is 0.497 e. The molecule has 0 fully saturated rings. The topological polar surface area (TPSA) is 102 Å². The van der Waals surface area contributed by atoms with E-state index in [4.69, 9.17) is 9.47 Å². The smallest absolute Gasteiger partial charge is 0.329 e. The number of methoxy groups -OCH3 is 2. The van der Waals surface area contributed by atoms with Crippen molar-refractivity contribution in [3.05, 3.63) is 104 Å². The van der Waals surface area contributed by atoms with Crippen LogP contribution < -0.4 is 26.0 Å². The molecule has 8 heteroatoms. The number of aromatic nitrogens is 2. The minimum absolute atomic E-state index is 0.123. The minimum Gasteiger partial charge on any atom is -0.497 e. The molecule has 33 heavy (non-hydrogen) atoms. The zero-order chi connectivity index (χ0) is 23.4. The molecule has 0 aliphatic rings. The standard InChI is InChI=1S/C25H23N3O5/c1-32-19-8-3-16(4-9-19)14-26-23(29)18-7-12-21-22(13-18)27-25(31)28(24(21)30)15-17-5-10-20(33-2)11-6-17/h3-13H,14-15H2,1-2H3,(H,26,29)(H,27,31). The van der Waals surface area contributed by atoms with Crippen LogP contribution in [0.3, 0.4) is 0 Å². The first-order valence-corrected chi connectivity index (χ1v) is 10.3. The van der Waals surface area contributed by atoms with Gasteiger partial charge in [0.15, 0.2) is 0 Å². The molecule has 0 radical (unpaired) electrons. The fraction of sp³-hybridized carbons (Fsp3) is 0.160. The maximum atomic E-state index is 12.9. The summed E-state index contributed by atoms with van der Waals surface area (Å²) < 4.78 is 11.4. The quantitative estimate of drug-likeness (QED) is 0.455. The molecule has 3 aromatic carbocycles. The van der Waals surface area contributed by atoms with E-state index in [1.165, 1.54) is 6.07 Å². The molecule has 0 aliphatic heterocycles. The lowest BCUT2D eigenvalue weighted by atomic mass is 10.1. The lowest BCUT2D eigenvalue weighted by Crippen LogP contribution is -2.35. The van der Waals surface area contributed by atoms with Crippen LogP contribution in [-0.2, 0) is 13.1 Å². The summed E-state index contributed by atoms with van der Waals surface area (Å²) in [5.74, 6) is 1.12. The third kappa shape index (κ3) is 4.79. The summed E-state index contributed by atoms with van der Waals surface area (Å²) in [6.07, 6.45) is 0. The highest BCUT2D eigenvalue weighted by Crippen LogP contribution is 2.14. The average Bonchev–Trinajstić information content (AvgIpc) is 2.85. The molecular weight excluding hydrogens is 422 g/mol. The number of hydrogen-bond donors (Lipinski definition) is 2. The summed E-state index contributed by atoms with van der Waals surface area (Å²) in [4.78, 5) is 40.8. The molecule has 0 unspecified atom stereocenters. The minimum atomic E-state index is -0.542. The normalized spacial score (nSPS) is 10.7. The van der Waals surface area contributed by atoms with Crippen LogP contribution in [0.25, 0.3) is 10.9 Å². The van der Waals surface area contributed by atoms with Crippen LogP contribution in [0.1, 0.15) is 21.5 Å². The van der Waals surface area contributed by atoms with Gasteiger partial charge in [-0.2, -0.15) is 0 Å². The molecular formula is C25H23N3O5. The number of nitrogens with one attached hydrogen (secondary N) is 2. The van der Waals surface area contributed by atoms with Gasteiger partial charge in [0.25, 0.3) is 11.5 Å². The van der Waals surface area contributed by atoms with E-state index in [1.807, 2.05) is 24.3 Å². The van der Waals surface area contributed by atoms with E-state index >= 15 is 0 Å². The Labute approximate surface area is 189 Å². The third-order valence-corrected chi connectivity index (χ3v) is 5.36. The Kier molecular flexibility index (Phi) is 6.26. The highest BCUT2D eigenvalue weighted by atomic mass is 16.5. The SMILES string of the molecule is COc1ccc(CNC(=O)c2ccc3c(=O)n(Cc4ccc(OC)cc4)c(=O)[nH]c3c2)cc1. The first kappa shape index (κ1) is 21.9. The van der Waals surface area contributed by atoms with E-state index in [1.54, 1.807) is 50.6 Å². The summed E-state index contributed by atoms with van der Waals surface area (Å²) in [5.41, 5.74) is 1.40. The number of carbonyl (C=O) groups is 1. The number of aromatic amines is 1. The van der Waals surface area contributed by atoms with Gasteiger partial charge in [0.1, 0.15) is 11.5 Å². The van der Waals surface area contributed by atoms with Crippen molar-refractivity contribution in [3.8, 4) is 11.5 Å². The van der Waals surface area contributed by atoms with Crippen LogP contribution in [0.15, 0.2) is 76.3 Å². The van der Waals surface area contributed by atoms with Crippen LogP contribution in [0.5, 0.6) is 11.5 Å². The van der Waals surface area contributed by atoms with Gasteiger partial charge in [-0.1, -0.05) is 24.3 Å². The zero-order valence-electron chi connectivity index (χ0n) is 18.3. The van der Waals surface area contributed by atoms with Crippen molar-refractivity contribution in [2.45, 2.75) is 13.1 Å². The molecule has 1 amide bonds. The van der Waals surface area contributed by atoms with Crippen molar-refractivity contribution in [1.82, 2.24) is 14.9 Å². The Bertz CT molecular complexity index is 1400. The van der Waals surface area contributed by atoms with E-state index in [0.717, 1.165) is 21.4 Å². The van der Waals surface area contributed by atoms with Gasteiger partial charge in [0.05, 0.1) is 31.7 Å². The van der Waals surface area contributed by atoms with Gasteiger partial charge < -0.3 is 19.8 Å². The van der Waals surface area contributed by atoms with Crippen molar-refractivity contribution >= 4 is 16.8 Å². The number of carbonyl (C=O) groups excluding carboxylic acids is 1. The summed E-state index contributed by atoms with van der Waals surface area (Å²) in [6, 6.07) is 19.1. The number of benzene rings is 3. The van der Waals surface area contributed by atoms with Gasteiger partial charge >= 0.3 is 5.69 Å². The molecule has 2 N–H and O–H groups in total. The molecule has 1 aromatic heterocycles. The number of nitrogens with zero attached hydrogens (tertiary/aromatic N) is 1. The Balaban J connectivity index is 1.54. The second-order valence-corrected chi connectivity index (χ2v) is 7.46. The van der Waals surface area contributed by atoms with Crippen molar-refractivity contribution in [1.29, 1.82) is 0 Å². The van der Waals surface area contributed by atoms with Crippen LogP contribution in [0.4, 0.5) is 0 Å². The first-order chi connectivity index (χ1) is 16.0.